The summed E-state index contributed by atoms with van der Waals surface area (Å²) in [5.41, 5.74) is -0.0512. The third-order valence-corrected chi connectivity index (χ3v) is 4.24. The molecule has 8 heteroatoms. The fourth-order valence-corrected chi connectivity index (χ4v) is 2.88. The van der Waals surface area contributed by atoms with E-state index in [1.807, 2.05) is 13.8 Å². The van der Waals surface area contributed by atoms with Crippen LogP contribution in [0.5, 0.6) is 0 Å². The van der Waals surface area contributed by atoms with E-state index in [0.29, 0.717) is 5.69 Å². The maximum Gasteiger partial charge on any atom is 0.280 e. The van der Waals surface area contributed by atoms with Crippen LogP contribution in [0, 0.1) is 12.7 Å². The summed E-state index contributed by atoms with van der Waals surface area (Å²) in [6.45, 7) is 5.23. The molecule has 0 atom stereocenters. The first kappa shape index (κ1) is 20.9. The van der Waals surface area contributed by atoms with Gasteiger partial charge in [-0.25, -0.2) is 9.07 Å². The second kappa shape index (κ2) is 8.69. The minimum atomic E-state index is -0.796. The fourth-order valence-electron chi connectivity index (χ4n) is 2.88. The molecule has 2 N–H and O–H groups in total. The normalized spacial score (nSPS) is 10.7. The van der Waals surface area contributed by atoms with Crippen LogP contribution in [0.1, 0.15) is 40.4 Å². The summed E-state index contributed by atoms with van der Waals surface area (Å²) in [7, 11) is 0. The first-order chi connectivity index (χ1) is 14.3. The summed E-state index contributed by atoms with van der Waals surface area (Å²) >= 11 is 0. The number of aromatic nitrogens is 2. The average Bonchev–Trinajstić information content (AvgIpc) is 2.68. The minimum Gasteiger partial charge on any atom is -0.350 e. The number of carbonyl (C=O) groups excluding carboxylic acids is 2. The molecule has 1 aromatic heterocycles. The average molecular weight is 408 g/mol. The molecule has 0 unspecified atom stereocenters. The Hall–Kier alpha value is -3.81. The van der Waals surface area contributed by atoms with Crippen LogP contribution in [0.15, 0.2) is 59.4 Å². The van der Waals surface area contributed by atoms with Crippen molar-refractivity contribution in [2.75, 3.05) is 5.32 Å². The molecule has 0 bridgehead atoms. The van der Waals surface area contributed by atoms with Crippen molar-refractivity contribution in [1.82, 2.24) is 15.1 Å². The van der Waals surface area contributed by atoms with Gasteiger partial charge in [0.25, 0.3) is 11.8 Å². The molecule has 30 heavy (non-hydrogen) atoms. The molecule has 0 saturated carbocycles. The molecular formula is C22H21FN4O3. The van der Waals surface area contributed by atoms with Gasteiger partial charge < -0.3 is 10.6 Å². The van der Waals surface area contributed by atoms with Crippen LogP contribution < -0.4 is 16.1 Å². The first-order valence-corrected chi connectivity index (χ1v) is 9.35. The molecule has 3 aromatic rings. The van der Waals surface area contributed by atoms with Crippen LogP contribution in [0.25, 0.3) is 5.69 Å². The quantitative estimate of drug-likeness (QED) is 0.679. The van der Waals surface area contributed by atoms with Crippen LogP contribution in [0.2, 0.25) is 0 Å². The van der Waals surface area contributed by atoms with Crippen LogP contribution in [0.4, 0.5) is 10.1 Å². The smallest absolute Gasteiger partial charge is 0.280 e. The molecule has 0 fully saturated rings. The molecule has 0 aliphatic rings. The van der Waals surface area contributed by atoms with E-state index in [4.69, 9.17) is 0 Å². The molecule has 3 rings (SSSR count). The summed E-state index contributed by atoms with van der Waals surface area (Å²) < 4.78 is 15.4. The molecule has 7 nitrogen and oxygen atoms in total. The Morgan fingerprint density at radius 3 is 2.40 bits per heavy atom. The monoisotopic (exact) mass is 408 g/mol. The van der Waals surface area contributed by atoms with E-state index in [1.54, 1.807) is 37.3 Å². The molecule has 0 spiro atoms. The third-order valence-electron chi connectivity index (χ3n) is 4.24. The molecular weight excluding hydrogens is 387 g/mol. The van der Waals surface area contributed by atoms with Gasteiger partial charge in [0, 0.05) is 17.8 Å². The van der Waals surface area contributed by atoms with Gasteiger partial charge in [-0.05, 0) is 45.0 Å². The van der Waals surface area contributed by atoms with Gasteiger partial charge in [-0.3, -0.25) is 14.4 Å². The van der Waals surface area contributed by atoms with Crippen LogP contribution in [0.3, 0.4) is 0 Å². The van der Waals surface area contributed by atoms with Gasteiger partial charge >= 0.3 is 0 Å². The third kappa shape index (κ3) is 4.43. The van der Waals surface area contributed by atoms with Crippen molar-refractivity contribution in [2.45, 2.75) is 26.8 Å². The lowest BCUT2D eigenvalue weighted by Gasteiger charge is -2.14. The van der Waals surface area contributed by atoms with E-state index in [1.165, 1.54) is 28.9 Å². The van der Waals surface area contributed by atoms with Crippen LogP contribution in [-0.4, -0.2) is 27.6 Å². The van der Waals surface area contributed by atoms with Crippen molar-refractivity contribution >= 4 is 17.5 Å². The van der Waals surface area contributed by atoms with Gasteiger partial charge in [-0.15, -0.1) is 0 Å². The summed E-state index contributed by atoms with van der Waals surface area (Å²) in [4.78, 5) is 37.6. The number of amides is 2. The van der Waals surface area contributed by atoms with Crippen molar-refractivity contribution in [3.8, 4) is 5.69 Å². The highest BCUT2D eigenvalue weighted by Gasteiger charge is 2.19. The minimum absolute atomic E-state index is 0.0898. The Bertz CT molecular complexity index is 1170. The largest absolute Gasteiger partial charge is 0.350 e. The van der Waals surface area contributed by atoms with Crippen molar-refractivity contribution in [2.24, 2.45) is 0 Å². The van der Waals surface area contributed by atoms with Crippen molar-refractivity contribution in [1.29, 1.82) is 0 Å². The summed E-state index contributed by atoms with van der Waals surface area (Å²) in [6, 6.07) is 13.5. The second-order valence-electron chi connectivity index (χ2n) is 6.99. The van der Waals surface area contributed by atoms with Crippen LogP contribution in [-0.2, 0) is 0 Å². The standard InChI is InChI=1S/C22H21FN4O3/c1-13(2)24-21(29)15-8-4-6-10-17(15)25-22(30)20-19(28)12-14(3)27(26-20)18-11-7-5-9-16(18)23/h4-13H,1-3H3,(H,24,29)(H,25,30). The Balaban J connectivity index is 1.98. The lowest BCUT2D eigenvalue weighted by Crippen LogP contribution is -2.32. The summed E-state index contributed by atoms with van der Waals surface area (Å²) in [6.07, 6.45) is 0. The molecule has 2 aromatic carbocycles. The molecule has 1 heterocycles. The molecule has 2 amide bonds. The summed E-state index contributed by atoms with van der Waals surface area (Å²) in [5, 5.41) is 9.39. The Kier molecular flexibility index (Phi) is 6.06. The number of nitrogens with one attached hydrogen (secondary N) is 2. The molecule has 0 saturated heterocycles. The number of hydrogen-bond acceptors (Lipinski definition) is 4. The SMILES string of the molecule is Cc1cc(=O)c(C(=O)Nc2ccccc2C(=O)NC(C)C)nn1-c1ccccc1F. The zero-order valence-electron chi connectivity index (χ0n) is 16.8. The maximum atomic E-state index is 14.2. The molecule has 154 valence electrons. The lowest BCUT2D eigenvalue weighted by atomic mass is 10.1. The van der Waals surface area contributed by atoms with E-state index in [-0.39, 0.29) is 28.9 Å². The number of halogens is 1. The predicted octanol–water partition coefficient (Wildman–Crippen LogP) is 3.07. The van der Waals surface area contributed by atoms with E-state index in [9.17, 15) is 18.8 Å². The number of nitrogens with zero attached hydrogens (tertiary/aromatic N) is 2. The number of aryl methyl sites for hydroxylation is 1. The van der Waals surface area contributed by atoms with E-state index < -0.39 is 22.8 Å². The number of anilines is 1. The number of hydrogen-bond donors (Lipinski definition) is 2. The fraction of sp³-hybridized carbons (Fsp3) is 0.182. The van der Waals surface area contributed by atoms with Gasteiger partial charge in [0.15, 0.2) is 5.69 Å². The zero-order chi connectivity index (χ0) is 21.8. The van der Waals surface area contributed by atoms with Crippen LogP contribution >= 0.6 is 0 Å². The van der Waals surface area contributed by atoms with E-state index in [0.717, 1.165) is 0 Å². The molecule has 0 aliphatic carbocycles. The lowest BCUT2D eigenvalue weighted by molar-refractivity contribution is 0.0944. The Morgan fingerprint density at radius 1 is 1.03 bits per heavy atom. The van der Waals surface area contributed by atoms with Crippen molar-refractivity contribution in [3.05, 3.63) is 87.6 Å². The first-order valence-electron chi connectivity index (χ1n) is 9.35. The highest BCUT2D eigenvalue weighted by atomic mass is 19.1. The van der Waals surface area contributed by atoms with Gasteiger partial charge in [0.1, 0.15) is 11.5 Å². The number of para-hydroxylation sites is 2. The highest BCUT2D eigenvalue weighted by Crippen LogP contribution is 2.17. The number of benzene rings is 2. The van der Waals surface area contributed by atoms with E-state index in [2.05, 4.69) is 15.7 Å². The molecule has 0 radical (unpaired) electrons. The van der Waals surface area contributed by atoms with Gasteiger partial charge in [0.05, 0.1) is 11.3 Å². The Morgan fingerprint density at radius 2 is 1.70 bits per heavy atom. The van der Waals surface area contributed by atoms with Crippen molar-refractivity contribution in [3.63, 3.8) is 0 Å². The predicted molar refractivity (Wildman–Crippen MR) is 112 cm³/mol. The zero-order valence-corrected chi connectivity index (χ0v) is 16.8. The van der Waals surface area contributed by atoms with E-state index >= 15 is 0 Å². The second-order valence-corrected chi connectivity index (χ2v) is 6.99. The van der Waals surface area contributed by atoms with Crippen molar-refractivity contribution < 1.29 is 14.0 Å². The number of rotatable bonds is 5. The topological polar surface area (TPSA) is 93.1 Å². The van der Waals surface area contributed by atoms with Gasteiger partial charge in [0.2, 0.25) is 5.43 Å². The van der Waals surface area contributed by atoms with Gasteiger partial charge in [-0.1, -0.05) is 24.3 Å². The highest BCUT2D eigenvalue weighted by molar-refractivity contribution is 6.08. The summed E-state index contributed by atoms with van der Waals surface area (Å²) in [5.74, 6) is -1.70. The van der Waals surface area contributed by atoms with Gasteiger partial charge in [-0.2, -0.15) is 5.10 Å². The Labute approximate surface area is 172 Å². The maximum absolute atomic E-state index is 14.2. The molecule has 0 aliphatic heterocycles. The number of carbonyl (C=O) groups is 2.